The van der Waals surface area contributed by atoms with Gasteiger partial charge in [-0.05, 0) is 76.1 Å². The molecule has 208 valence electrons. The van der Waals surface area contributed by atoms with E-state index in [1.54, 1.807) is 63.9 Å². The molecular weight excluding hydrogens is 576 g/mol. The Bertz CT molecular complexity index is 1440. The van der Waals surface area contributed by atoms with Gasteiger partial charge in [-0.1, -0.05) is 64.5 Å². The van der Waals surface area contributed by atoms with Crippen molar-refractivity contribution in [3.8, 4) is 0 Å². The lowest BCUT2D eigenvalue weighted by molar-refractivity contribution is -0.163. The molecular formula is C31H31BrN2O6. The summed E-state index contributed by atoms with van der Waals surface area (Å²) in [5.41, 5.74) is -0.376. The number of hydrogen-bond acceptors (Lipinski definition) is 7. The van der Waals surface area contributed by atoms with E-state index in [9.17, 15) is 14.4 Å². The molecule has 3 aromatic rings. The number of nitrogens with zero attached hydrogens (tertiary/aromatic N) is 2. The highest BCUT2D eigenvalue weighted by Crippen LogP contribution is 2.59. The summed E-state index contributed by atoms with van der Waals surface area (Å²) in [5.74, 6) is -1.33. The normalized spacial score (nSPS) is 22.1. The van der Waals surface area contributed by atoms with E-state index in [-0.39, 0.29) is 0 Å². The summed E-state index contributed by atoms with van der Waals surface area (Å²) >= 11 is 3.49. The fraction of sp³-hybridized carbons (Fsp3) is 0.323. The molecule has 3 atom stereocenters. The van der Waals surface area contributed by atoms with E-state index in [0.29, 0.717) is 22.5 Å². The lowest BCUT2D eigenvalue weighted by Crippen LogP contribution is -2.54. The molecule has 40 heavy (non-hydrogen) atoms. The highest BCUT2D eigenvalue weighted by Gasteiger charge is 2.71. The summed E-state index contributed by atoms with van der Waals surface area (Å²) < 4.78 is 12.2. The third kappa shape index (κ3) is 4.67. The predicted molar refractivity (Wildman–Crippen MR) is 154 cm³/mol. The Hall–Kier alpha value is -3.69. The number of amides is 2. The third-order valence-corrected chi connectivity index (χ3v) is 7.31. The van der Waals surface area contributed by atoms with Gasteiger partial charge in [0.25, 0.3) is 5.91 Å². The van der Waals surface area contributed by atoms with Gasteiger partial charge < -0.3 is 9.47 Å². The first kappa shape index (κ1) is 27.9. The van der Waals surface area contributed by atoms with Gasteiger partial charge in [-0.15, -0.1) is 0 Å². The zero-order valence-electron chi connectivity index (χ0n) is 23.0. The highest BCUT2D eigenvalue weighted by molar-refractivity contribution is 9.10. The van der Waals surface area contributed by atoms with Crippen LogP contribution in [0.25, 0.3) is 0 Å². The minimum absolute atomic E-state index is 0.338. The zero-order chi connectivity index (χ0) is 28.8. The Kier molecular flexibility index (Phi) is 7.22. The van der Waals surface area contributed by atoms with Crippen molar-refractivity contribution < 1.29 is 28.7 Å². The molecule has 0 unspecified atom stereocenters. The van der Waals surface area contributed by atoms with Crippen LogP contribution in [0.15, 0.2) is 83.3 Å². The summed E-state index contributed by atoms with van der Waals surface area (Å²) in [6, 6.07) is 22.8. The number of imide groups is 1. The van der Waals surface area contributed by atoms with Gasteiger partial charge in [0.15, 0.2) is 0 Å². The Labute approximate surface area is 241 Å². The number of carbonyl (C=O) groups is 3. The van der Waals surface area contributed by atoms with Crippen molar-refractivity contribution in [3.05, 3.63) is 94.5 Å². The molecule has 0 aromatic heterocycles. The molecule has 2 aliphatic rings. The molecule has 2 aliphatic heterocycles. The summed E-state index contributed by atoms with van der Waals surface area (Å²) in [5, 5.41) is 1.59. The lowest BCUT2D eigenvalue weighted by Gasteiger charge is -2.34. The number of esters is 1. The molecule has 0 saturated carbocycles. The van der Waals surface area contributed by atoms with E-state index < -0.39 is 47.2 Å². The number of para-hydroxylation sites is 2. The topological polar surface area (TPSA) is 85.4 Å². The number of rotatable bonds is 4. The first-order chi connectivity index (χ1) is 18.9. The number of benzene rings is 3. The van der Waals surface area contributed by atoms with Crippen LogP contribution >= 0.6 is 15.9 Å². The van der Waals surface area contributed by atoms with Crippen molar-refractivity contribution in [1.29, 1.82) is 0 Å². The summed E-state index contributed by atoms with van der Waals surface area (Å²) in [7, 11) is 0. The minimum atomic E-state index is -1.68. The van der Waals surface area contributed by atoms with Crippen molar-refractivity contribution in [2.45, 2.75) is 63.9 Å². The Morgan fingerprint density at radius 3 is 2.20 bits per heavy atom. The molecule has 0 radical (unpaired) electrons. The van der Waals surface area contributed by atoms with Gasteiger partial charge in [0.2, 0.25) is 6.10 Å². The molecule has 5 rings (SSSR count). The van der Waals surface area contributed by atoms with E-state index in [4.69, 9.17) is 14.3 Å². The molecule has 1 spiro atoms. The first-order valence-corrected chi connectivity index (χ1v) is 13.9. The Morgan fingerprint density at radius 1 is 0.950 bits per heavy atom. The first-order valence-electron chi connectivity index (χ1n) is 13.1. The maximum absolute atomic E-state index is 14.8. The fourth-order valence-electron chi connectivity index (χ4n) is 5.37. The number of hydroxylamine groups is 1. The SMILES string of the molecule is CC(C)OC(=O)[C@@H]1ON(c2ccccc2)[C@H](c2ccc(Br)cc2)[C@@]12C(=O)N(C(=O)OC(C)(C)C)c1ccccc12. The van der Waals surface area contributed by atoms with Gasteiger partial charge in [-0.3, -0.25) is 9.63 Å². The largest absolute Gasteiger partial charge is 0.461 e. The van der Waals surface area contributed by atoms with Crippen molar-refractivity contribution >= 4 is 45.3 Å². The quantitative estimate of drug-likeness (QED) is 0.314. The third-order valence-electron chi connectivity index (χ3n) is 6.78. The minimum Gasteiger partial charge on any atom is -0.461 e. The average molecular weight is 608 g/mol. The molecule has 0 aliphatic carbocycles. The number of halogens is 1. The molecule has 3 aromatic carbocycles. The summed E-state index contributed by atoms with van der Waals surface area (Å²) in [6.45, 7) is 8.67. The maximum atomic E-state index is 14.8. The second-order valence-electron chi connectivity index (χ2n) is 11.1. The van der Waals surface area contributed by atoms with Gasteiger partial charge in [0.1, 0.15) is 17.1 Å². The molecule has 0 N–H and O–H groups in total. The standard InChI is InChI=1S/C31H31BrN2O6/c1-19(2)38-27(35)26-31(23-13-9-10-14-24(23)33(28(31)36)29(37)39-30(3,4)5)25(20-15-17-21(32)18-16-20)34(40-26)22-11-7-6-8-12-22/h6-19,25-26H,1-5H3/t25-,26+,31-/m1/s1. The van der Waals surface area contributed by atoms with E-state index >= 15 is 0 Å². The van der Waals surface area contributed by atoms with Crippen LogP contribution in [0.3, 0.4) is 0 Å². The van der Waals surface area contributed by atoms with E-state index in [1.807, 2.05) is 54.6 Å². The van der Waals surface area contributed by atoms with Crippen LogP contribution in [0, 0.1) is 0 Å². The van der Waals surface area contributed by atoms with Crippen molar-refractivity contribution in [2.75, 3.05) is 9.96 Å². The van der Waals surface area contributed by atoms with Crippen molar-refractivity contribution in [2.24, 2.45) is 0 Å². The van der Waals surface area contributed by atoms with Gasteiger partial charge >= 0.3 is 12.1 Å². The van der Waals surface area contributed by atoms with Gasteiger partial charge in [-0.25, -0.2) is 19.6 Å². The van der Waals surface area contributed by atoms with Crippen LogP contribution in [-0.2, 0) is 29.3 Å². The van der Waals surface area contributed by atoms with Crippen LogP contribution in [0.4, 0.5) is 16.2 Å². The zero-order valence-corrected chi connectivity index (χ0v) is 24.5. The van der Waals surface area contributed by atoms with E-state index in [0.717, 1.165) is 9.37 Å². The molecule has 2 heterocycles. The molecule has 9 heteroatoms. The molecule has 0 bridgehead atoms. The second-order valence-corrected chi connectivity index (χ2v) is 12.0. The monoisotopic (exact) mass is 606 g/mol. The Morgan fingerprint density at radius 2 is 1.57 bits per heavy atom. The smallest absolute Gasteiger partial charge is 0.421 e. The maximum Gasteiger partial charge on any atom is 0.421 e. The number of fused-ring (bicyclic) bond motifs is 2. The van der Waals surface area contributed by atoms with Crippen LogP contribution in [0.2, 0.25) is 0 Å². The van der Waals surface area contributed by atoms with Crippen LogP contribution in [0.5, 0.6) is 0 Å². The molecule has 1 saturated heterocycles. The fourth-order valence-corrected chi connectivity index (χ4v) is 5.64. The number of ether oxygens (including phenoxy) is 2. The highest BCUT2D eigenvalue weighted by atomic mass is 79.9. The van der Waals surface area contributed by atoms with E-state index in [2.05, 4.69) is 15.9 Å². The molecule has 8 nitrogen and oxygen atoms in total. The average Bonchev–Trinajstić information content (AvgIpc) is 3.38. The van der Waals surface area contributed by atoms with Gasteiger partial charge in [-0.2, -0.15) is 0 Å². The van der Waals surface area contributed by atoms with E-state index in [1.165, 1.54) is 0 Å². The number of hydrogen-bond donors (Lipinski definition) is 0. The van der Waals surface area contributed by atoms with Crippen molar-refractivity contribution in [1.82, 2.24) is 0 Å². The van der Waals surface area contributed by atoms with Crippen LogP contribution < -0.4 is 9.96 Å². The predicted octanol–water partition coefficient (Wildman–Crippen LogP) is 6.48. The van der Waals surface area contributed by atoms with Gasteiger partial charge in [0, 0.05) is 4.47 Å². The molecule has 2 amide bonds. The number of anilines is 2. The second kappa shape index (κ2) is 10.4. The van der Waals surface area contributed by atoms with Crippen molar-refractivity contribution in [3.63, 3.8) is 0 Å². The summed E-state index contributed by atoms with van der Waals surface area (Å²) in [6.07, 6.45) is -2.69. The summed E-state index contributed by atoms with van der Waals surface area (Å²) in [4.78, 5) is 49.7. The van der Waals surface area contributed by atoms with Crippen LogP contribution in [-0.4, -0.2) is 35.8 Å². The lowest BCUT2D eigenvalue weighted by atomic mass is 9.69. The van der Waals surface area contributed by atoms with Gasteiger partial charge in [0.05, 0.1) is 17.5 Å². The number of carbonyl (C=O) groups excluding carboxylic acids is 3. The van der Waals surface area contributed by atoms with Crippen LogP contribution in [0.1, 0.15) is 51.8 Å². The molecule has 1 fully saturated rings. The Balaban J connectivity index is 1.80.